The van der Waals surface area contributed by atoms with E-state index in [-0.39, 0.29) is 16.9 Å². The van der Waals surface area contributed by atoms with Crippen LogP contribution in [-0.4, -0.2) is 45.2 Å². The van der Waals surface area contributed by atoms with Crippen LogP contribution < -0.4 is 5.56 Å². The van der Waals surface area contributed by atoms with Gasteiger partial charge in [0.1, 0.15) is 5.82 Å². The van der Waals surface area contributed by atoms with E-state index in [1.807, 2.05) is 12.1 Å². The van der Waals surface area contributed by atoms with Crippen LogP contribution in [0.4, 0.5) is 0 Å². The molecule has 3 heterocycles. The lowest BCUT2D eigenvalue weighted by Crippen LogP contribution is -2.42. The zero-order chi connectivity index (χ0) is 26.0. The summed E-state index contributed by atoms with van der Waals surface area (Å²) in [4.78, 5) is 31.7. The van der Waals surface area contributed by atoms with Gasteiger partial charge in [0, 0.05) is 11.0 Å². The largest absolute Gasteiger partial charge is 0.481 e. The third kappa shape index (κ3) is 3.80. The number of rotatable bonds is 4. The molecule has 3 aromatic rings. The molecule has 1 saturated heterocycles. The minimum atomic E-state index is -0.630. The lowest BCUT2D eigenvalue weighted by molar-refractivity contribution is -0.146. The number of carbonyl (C=O) groups is 1. The first-order valence-corrected chi connectivity index (χ1v) is 15.1. The van der Waals surface area contributed by atoms with Gasteiger partial charge in [0.25, 0.3) is 5.56 Å². The quantitative estimate of drug-likeness (QED) is 0.412. The molecule has 0 radical (unpaired) electrons. The fourth-order valence-electron chi connectivity index (χ4n) is 7.85. The molecule has 0 amide bonds. The van der Waals surface area contributed by atoms with Crippen LogP contribution in [0.5, 0.6) is 0 Å². The van der Waals surface area contributed by atoms with Gasteiger partial charge in [-0.3, -0.25) is 14.2 Å². The maximum atomic E-state index is 13.2. The molecule has 7 rings (SSSR count). The SMILES string of the molecule is O=C(O)C1CC(CN2CCC(c3ccc4c(c3)C3(CCCCC3)c3nc(=O)c5c(Br)cccc5n3-4)CC2)C1. The molecule has 1 aromatic heterocycles. The number of aromatic nitrogens is 2. The van der Waals surface area contributed by atoms with Gasteiger partial charge in [-0.05, 0) is 109 Å². The third-order valence-electron chi connectivity index (χ3n) is 9.94. The van der Waals surface area contributed by atoms with Crippen molar-refractivity contribution >= 4 is 32.8 Å². The maximum Gasteiger partial charge on any atom is 0.306 e. The van der Waals surface area contributed by atoms with Crippen molar-refractivity contribution < 1.29 is 9.90 Å². The Kier molecular flexibility index (Phi) is 6.00. The molecule has 2 aromatic carbocycles. The molecule has 7 heteroatoms. The van der Waals surface area contributed by atoms with Crippen molar-refractivity contribution in [1.29, 1.82) is 0 Å². The van der Waals surface area contributed by atoms with Crippen molar-refractivity contribution in [1.82, 2.24) is 14.5 Å². The summed E-state index contributed by atoms with van der Waals surface area (Å²) in [6.07, 6.45) is 9.62. The van der Waals surface area contributed by atoms with Gasteiger partial charge in [-0.2, -0.15) is 4.98 Å². The Morgan fingerprint density at radius 3 is 2.58 bits per heavy atom. The molecule has 4 aliphatic rings. The zero-order valence-corrected chi connectivity index (χ0v) is 23.3. The predicted octanol–water partition coefficient (Wildman–Crippen LogP) is 6.00. The summed E-state index contributed by atoms with van der Waals surface area (Å²) in [6, 6.07) is 13.1. The molecular weight excluding hydrogens is 542 g/mol. The molecule has 0 unspecified atom stereocenters. The van der Waals surface area contributed by atoms with Gasteiger partial charge in [0.15, 0.2) is 0 Å². The summed E-state index contributed by atoms with van der Waals surface area (Å²) >= 11 is 3.60. The fourth-order valence-corrected chi connectivity index (χ4v) is 8.37. The summed E-state index contributed by atoms with van der Waals surface area (Å²) in [5, 5.41) is 9.83. The second-order valence-electron chi connectivity index (χ2n) is 12.1. The van der Waals surface area contributed by atoms with E-state index in [1.54, 1.807) is 0 Å². The number of hydrogen-bond acceptors (Lipinski definition) is 4. The minimum Gasteiger partial charge on any atom is -0.481 e. The molecular formula is C31H34BrN3O3. The highest BCUT2D eigenvalue weighted by atomic mass is 79.9. The van der Waals surface area contributed by atoms with E-state index in [0.717, 1.165) is 74.0 Å². The van der Waals surface area contributed by atoms with Gasteiger partial charge in [0.05, 0.1) is 27.9 Å². The molecule has 198 valence electrons. The number of aliphatic carboxylic acids is 1. The van der Waals surface area contributed by atoms with Crippen LogP contribution >= 0.6 is 15.9 Å². The van der Waals surface area contributed by atoms with Crippen molar-refractivity contribution in [2.24, 2.45) is 11.8 Å². The highest BCUT2D eigenvalue weighted by Gasteiger charge is 2.47. The van der Waals surface area contributed by atoms with Crippen molar-refractivity contribution in [3.05, 3.63) is 68.2 Å². The number of piperidine rings is 1. The van der Waals surface area contributed by atoms with Gasteiger partial charge < -0.3 is 10.0 Å². The Hall–Kier alpha value is -2.51. The molecule has 2 saturated carbocycles. The summed E-state index contributed by atoms with van der Waals surface area (Å²) in [6.45, 7) is 3.20. The summed E-state index contributed by atoms with van der Waals surface area (Å²) < 4.78 is 3.08. The van der Waals surface area contributed by atoms with Crippen molar-refractivity contribution in [2.75, 3.05) is 19.6 Å². The van der Waals surface area contributed by atoms with Crippen LogP contribution in [0.3, 0.4) is 0 Å². The van der Waals surface area contributed by atoms with E-state index >= 15 is 0 Å². The first-order chi connectivity index (χ1) is 18.4. The summed E-state index contributed by atoms with van der Waals surface area (Å²) in [5.41, 5.74) is 4.61. The molecule has 6 nitrogen and oxygen atoms in total. The van der Waals surface area contributed by atoms with E-state index in [4.69, 9.17) is 4.98 Å². The molecule has 38 heavy (non-hydrogen) atoms. The number of likely N-dealkylation sites (tertiary alicyclic amines) is 1. The Bertz CT molecular complexity index is 1480. The Labute approximate surface area is 231 Å². The van der Waals surface area contributed by atoms with Gasteiger partial charge in [-0.25, -0.2) is 0 Å². The lowest BCUT2D eigenvalue weighted by Gasteiger charge is -2.39. The van der Waals surface area contributed by atoms with E-state index in [2.05, 4.69) is 49.7 Å². The van der Waals surface area contributed by atoms with Gasteiger partial charge in [0.2, 0.25) is 0 Å². The second-order valence-corrected chi connectivity index (χ2v) is 12.9. The molecule has 2 aliphatic heterocycles. The van der Waals surface area contributed by atoms with Gasteiger partial charge >= 0.3 is 5.97 Å². The molecule has 0 bridgehead atoms. The number of hydrogen-bond donors (Lipinski definition) is 1. The highest BCUT2D eigenvalue weighted by molar-refractivity contribution is 9.10. The maximum absolute atomic E-state index is 13.2. The Balaban J connectivity index is 1.19. The number of benzene rings is 2. The van der Waals surface area contributed by atoms with Crippen LogP contribution in [0.2, 0.25) is 0 Å². The van der Waals surface area contributed by atoms with E-state index in [9.17, 15) is 14.7 Å². The molecule has 2 aliphatic carbocycles. The number of carboxylic acid groups (broad SMARTS) is 1. The molecule has 1 spiro atoms. The van der Waals surface area contributed by atoms with E-state index in [1.165, 1.54) is 36.1 Å². The second kappa shape index (κ2) is 9.30. The zero-order valence-electron chi connectivity index (χ0n) is 21.7. The lowest BCUT2D eigenvalue weighted by atomic mass is 9.69. The number of carboxylic acids is 1. The van der Waals surface area contributed by atoms with Gasteiger partial charge in [-0.1, -0.05) is 37.5 Å². The van der Waals surface area contributed by atoms with Crippen molar-refractivity contribution in [2.45, 2.75) is 69.1 Å². The number of nitrogens with zero attached hydrogens (tertiary/aromatic N) is 3. The van der Waals surface area contributed by atoms with E-state index < -0.39 is 5.97 Å². The molecule has 1 N–H and O–H groups in total. The van der Waals surface area contributed by atoms with Crippen LogP contribution in [0, 0.1) is 11.8 Å². The number of fused-ring (bicyclic) bond motifs is 7. The Morgan fingerprint density at radius 2 is 1.84 bits per heavy atom. The average molecular weight is 577 g/mol. The van der Waals surface area contributed by atoms with Crippen LogP contribution in [-0.2, 0) is 10.2 Å². The summed E-state index contributed by atoms with van der Waals surface area (Å²) in [5.74, 6) is 1.27. The standard InChI is InChI=1S/C31H34BrN3O3/c32-24-5-4-6-26-27(24)28(36)33-30-31(11-2-1-3-12-31)23-17-21(7-8-25(23)35(26)30)20-9-13-34(14-10-20)18-19-15-22(16-19)29(37)38/h4-8,17,19-20,22H,1-3,9-16,18H2,(H,37,38). The van der Waals surface area contributed by atoms with Crippen LogP contribution in [0.15, 0.2) is 45.7 Å². The summed E-state index contributed by atoms with van der Waals surface area (Å²) in [7, 11) is 0. The van der Waals surface area contributed by atoms with Crippen LogP contribution in [0.1, 0.15) is 80.7 Å². The Morgan fingerprint density at radius 1 is 1.08 bits per heavy atom. The van der Waals surface area contributed by atoms with E-state index in [0.29, 0.717) is 17.2 Å². The molecule has 0 atom stereocenters. The van der Waals surface area contributed by atoms with Gasteiger partial charge in [-0.15, -0.1) is 0 Å². The first kappa shape index (κ1) is 24.5. The molecule has 3 fully saturated rings. The van der Waals surface area contributed by atoms with Crippen molar-refractivity contribution in [3.8, 4) is 5.69 Å². The normalized spacial score (nSPS) is 24.8. The smallest absolute Gasteiger partial charge is 0.306 e. The highest BCUT2D eigenvalue weighted by Crippen LogP contribution is 2.52. The average Bonchev–Trinajstić information content (AvgIpc) is 3.15. The monoisotopic (exact) mass is 575 g/mol. The van der Waals surface area contributed by atoms with Crippen LogP contribution in [0.25, 0.3) is 16.6 Å². The number of halogens is 1. The third-order valence-corrected chi connectivity index (χ3v) is 10.6. The predicted molar refractivity (Wildman–Crippen MR) is 151 cm³/mol. The fraction of sp³-hybridized carbons (Fsp3) is 0.516. The first-order valence-electron chi connectivity index (χ1n) is 14.3. The topological polar surface area (TPSA) is 75.4 Å². The van der Waals surface area contributed by atoms with Crippen molar-refractivity contribution in [3.63, 3.8) is 0 Å². The minimum absolute atomic E-state index is 0.122.